The second-order valence-electron chi connectivity index (χ2n) is 2.35. The number of hydrazine groups is 4. The van der Waals surface area contributed by atoms with E-state index in [-0.39, 0.29) is 5.96 Å². The Balaban J connectivity index is 4.00. The Bertz CT molecular complexity index is 131. The molecule has 0 amide bonds. The Morgan fingerprint density at radius 3 is 2.00 bits per heavy atom. The summed E-state index contributed by atoms with van der Waals surface area (Å²) < 4.78 is 0. The van der Waals surface area contributed by atoms with Crippen molar-refractivity contribution in [1.29, 1.82) is 0 Å². The zero-order valence-corrected chi connectivity index (χ0v) is 7.27. The fourth-order valence-electron chi connectivity index (χ4n) is 0.634. The molecule has 0 fully saturated rings. The van der Waals surface area contributed by atoms with E-state index in [1.165, 1.54) is 0 Å². The summed E-state index contributed by atoms with van der Waals surface area (Å²) in [5.41, 5.74) is 0. The predicted molar refractivity (Wildman–Crippen MR) is 47.6 cm³/mol. The topological polar surface area (TPSA) is 123 Å². The van der Waals surface area contributed by atoms with Crippen molar-refractivity contribution < 1.29 is 0 Å². The lowest BCUT2D eigenvalue weighted by molar-refractivity contribution is 0.339. The van der Waals surface area contributed by atoms with Crippen LogP contribution in [0, 0.1) is 0 Å². The fourth-order valence-corrected chi connectivity index (χ4v) is 0.634. The Kier molecular flexibility index (Phi) is 5.30. The summed E-state index contributed by atoms with van der Waals surface area (Å²) in [6.07, 6.45) is 1.99. The van der Waals surface area contributed by atoms with Crippen LogP contribution in [-0.2, 0) is 0 Å². The predicted octanol–water partition coefficient (Wildman–Crippen LogP) is -1.76. The largest absolute Gasteiger partial charge is 0.255 e. The zero-order valence-electron chi connectivity index (χ0n) is 7.27. The molecule has 0 heterocycles. The second-order valence-corrected chi connectivity index (χ2v) is 2.35. The number of nitrogens with two attached hydrogens (primary N) is 4. The van der Waals surface area contributed by atoms with E-state index in [0.717, 1.165) is 23.1 Å². The van der Waals surface area contributed by atoms with Crippen LogP contribution in [0.2, 0.25) is 0 Å². The summed E-state index contributed by atoms with van der Waals surface area (Å²) in [5.74, 6) is 20.9. The third-order valence-corrected chi connectivity index (χ3v) is 1.23. The molecule has 0 rings (SSSR count). The van der Waals surface area contributed by atoms with Gasteiger partial charge in [-0.25, -0.2) is 38.6 Å². The summed E-state index contributed by atoms with van der Waals surface area (Å²) in [7, 11) is 0. The number of rotatable bonds is 3. The molecular weight excluding hydrogens is 158 g/mol. The van der Waals surface area contributed by atoms with Crippen LogP contribution >= 0.6 is 0 Å². The van der Waals surface area contributed by atoms with Gasteiger partial charge in [-0.15, -0.1) is 0 Å². The van der Waals surface area contributed by atoms with Gasteiger partial charge in [0.1, 0.15) is 0 Å². The standard InChI is InChI=1S/C5H17N7/c1-2-3-4-10-5(11(6)7)12(8)9/h2-4,6-9H2,1H3. The first-order valence-corrected chi connectivity index (χ1v) is 3.73. The molecule has 0 radical (unpaired) electrons. The average Bonchev–Trinajstić information content (AvgIpc) is 1.96. The molecule has 7 heteroatoms. The monoisotopic (exact) mass is 175 g/mol. The van der Waals surface area contributed by atoms with Crippen LogP contribution in [0.5, 0.6) is 0 Å². The van der Waals surface area contributed by atoms with E-state index in [1.807, 2.05) is 0 Å². The molecular formula is C5H17N7. The smallest absolute Gasteiger partial charge is 0.248 e. The maximum absolute atomic E-state index is 5.20. The molecule has 0 atom stereocenters. The Labute approximate surface area is 71.9 Å². The van der Waals surface area contributed by atoms with Crippen LogP contribution in [0.1, 0.15) is 19.8 Å². The van der Waals surface area contributed by atoms with Crippen molar-refractivity contribution in [3.8, 4) is 0 Å². The maximum Gasteiger partial charge on any atom is 0.255 e. The van der Waals surface area contributed by atoms with Gasteiger partial charge in [0.15, 0.2) is 0 Å². The normalized spacial score (nSPS) is 9.42. The van der Waals surface area contributed by atoms with Crippen LogP contribution in [0.25, 0.3) is 0 Å². The van der Waals surface area contributed by atoms with Crippen molar-refractivity contribution in [2.75, 3.05) is 6.54 Å². The molecule has 0 aliphatic heterocycles. The molecule has 0 saturated carbocycles. The minimum atomic E-state index is 0.156. The van der Waals surface area contributed by atoms with Gasteiger partial charge < -0.3 is 0 Å². The van der Waals surface area contributed by atoms with Crippen LogP contribution in [0.15, 0.2) is 4.99 Å². The molecule has 72 valence electrons. The van der Waals surface area contributed by atoms with Gasteiger partial charge in [0.2, 0.25) is 0 Å². The highest BCUT2D eigenvalue weighted by molar-refractivity contribution is 5.77. The molecule has 0 spiro atoms. The van der Waals surface area contributed by atoms with Gasteiger partial charge in [-0.05, 0) is 6.42 Å². The Morgan fingerprint density at radius 2 is 1.67 bits per heavy atom. The molecule has 0 aromatic heterocycles. The van der Waals surface area contributed by atoms with E-state index >= 15 is 0 Å². The molecule has 0 aliphatic carbocycles. The summed E-state index contributed by atoms with van der Waals surface area (Å²) >= 11 is 0. The van der Waals surface area contributed by atoms with Gasteiger partial charge in [0.25, 0.3) is 5.96 Å². The minimum Gasteiger partial charge on any atom is -0.248 e. The van der Waals surface area contributed by atoms with Gasteiger partial charge in [-0.2, -0.15) is 0 Å². The van der Waals surface area contributed by atoms with E-state index in [1.54, 1.807) is 0 Å². The Morgan fingerprint density at radius 1 is 1.17 bits per heavy atom. The number of aliphatic imine (C=N–C) groups is 1. The molecule has 7 nitrogen and oxygen atoms in total. The third kappa shape index (κ3) is 4.09. The second kappa shape index (κ2) is 5.72. The molecule has 0 aromatic carbocycles. The van der Waals surface area contributed by atoms with Gasteiger partial charge in [-0.1, -0.05) is 13.3 Å². The zero-order chi connectivity index (χ0) is 9.56. The Hall–Kier alpha value is -0.890. The van der Waals surface area contributed by atoms with Crippen molar-refractivity contribution in [3.63, 3.8) is 0 Å². The van der Waals surface area contributed by atoms with Gasteiger partial charge >= 0.3 is 0 Å². The summed E-state index contributed by atoms with van der Waals surface area (Å²) in [5, 5.41) is 1.57. The number of guanidine groups is 1. The molecule has 0 saturated heterocycles. The lowest BCUT2D eigenvalue weighted by Crippen LogP contribution is -2.57. The van der Waals surface area contributed by atoms with Gasteiger partial charge in [-0.3, -0.25) is 0 Å². The van der Waals surface area contributed by atoms with Crippen LogP contribution in [0.3, 0.4) is 0 Å². The lowest BCUT2D eigenvalue weighted by Gasteiger charge is -2.19. The number of unbranched alkanes of at least 4 members (excludes halogenated alkanes) is 1. The number of hydrogen-bond donors (Lipinski definition) is 4. The first kappa shape index (κ1) is 11.1. The molecule has 0 aliphatic rings. The molecule has 0 unspecified atom stereocenters. The van der Waals surface area contributed by atoms with Crippen molar-refractivity contribution in [3.05, 3.63) is 0 Å². The average molecular weight is 175 g/mol. The summed E-state index contributed by atoms with van der Waals surface area (Å²) in [6, 6.07) is 0. The van der Waals surface area contributed by atoms with Crippen LogP contribution in [-0.4, -0.2) is 22.7 Å². The lowest BCUT2D eigenvalue weighted by atomic mass is 10.3. The van der Waals surface area contributed by atoms with Crippen LogP contribution in [0.4, 0.5) is 0 Å². The van der Waals surface area contributed by atoms with E-state index in [9.17, 15) is 0 Å². The molecule has 12 heavy (non-hydrogen) atoms. The quantitative estimate of drug-likeness (QED) is 0.132. The number of hydrogen-bond acceptors (Lipinski definition) is 5. The molecule has 0 aromatic rings. The first-order valence-electron chi connectivity index (χ1n) is 3.73. The van der Waals surface area contributed by atoms with E-state index in [0.29, 0.717) is 6.54 Å². The highest BCUT2D eigenvalue weighted by Crippen LogP contribution is 1.88. The van der Waals surface area contributed by atoms with E-state index in [2.05, 4.69) is 11.9 Å². The summed E-state index contributed by atoms with van der Waals surface area (Å²) in [6.45, 7) is 2.67. The molecule has 0 bridgehead atoms. The van der Waals surface area contributed by atoms with Crippen molar-refractivity contribution in [2.24, 2.45) is 28.4 Å². The molecule has 8 N–H and O–H groups in total. The number of nitrogens with zero attached hydrogens (tertiary/aromatic N) is 3. The summed E-state index contributed by atoms with van der Waals surface area (Å²) in [4.78, 5) is 3.98. The fraction of sp³-hybridized carbons (Fsp3) is 0.800. The van der Waals surface area contributed by atoms with Crippen molar-refractivity contribution in [2.45, 2.75) is 19.8 Å². The van der Waals surface area contributed by atoms with Gasteiger partial charge in [0.05, 0.1) is 0 Å². The van der Waals surface area contributed by atoms with E-state index < -0.39 is 0 Å². The van der Waals surface area contributed by atoms with Crippen molar-refractivity contribution in [1.82, 2.24) is 10.2 Å². The first-order chi connectivity index (χ1) is 5.59. The third-order valence-electron chi connectivity index (χ3n) is 1.23. The van der Waals surface area contributed by atoms with Crippen molar-refractivity contribution >= 4 is 5.96 Å². The van der Waals surface area contributed by atoms with Crippen LogP contribution < -0.4 is 23.4 Å². The minimum absolute atomic E-state index is 0.156. The van der Waals surface area contributed by atoms with Gasteiger partial charge in [0, 0.05) is 6.54 Å². The SMILES string of the molecule is CCCCN=C(N(N)N)N(N)N. The highest BCUT2D eigenvalue weighted by atomic mass is 15.8. The van der Waals surface area contributed by atoms with E-state index in [4.69, 9.17) is 23.4 Å². The maximum atomic E-state index is 5.20. The highest BCUT2D eigenvalue weighted by Gasteiger charge is 2.05.